The van der Waals surface area contributed by atoms with Crippen molar-refractivity contribution in [1.29, 1.82) is 0 Å². The van der Waals surface area contributed by atoms with Crippen molar-refractivity contribution in [2.45, 2.75) is 25.3 Å². The van der Waals surface area contributed by atoms with Gasteiger partial charge in [0.25, 0.3) is 0 Å². The minimum Gasteiger partial charge on any atom is -0.373 e. The lowest BCUT2D eigenvalue weighted by atomic mass is 10.2. The van der Waals surface area contributed by atoms with Gasteiger partial charge in [-0.1, -0.05) is 0 Å². The molecule has 2 unspecified atom stereocenters. The molecule has 0 radical (unpaired) electrons. The number of aliphatic hydroxyl groups is 2. The van der Waals surface area contributed by atoms with E-state index in [2.05, 4.69) is 0 Å². The van der Waals surface area contributed by atoms with Gasteiger partial charge in [0.05, 0.1) is 0 Å². The molecule has 2 bridgehead atoms. The SMILES string of the molecule is O=C1C(=O)N2C(O)CCN1CCC2O. The van der Waals surface area contributed by atoms with Crippen LogP contribution < -0.4 is 0 Å². The Morgan fingerprint density at radius 3 is 2.00 bits per heavy atom. The van der Waals surface area contributed by atoms with E-state index in [1.54, 1.807) is 0 Å². The van der Waals surface area contributed by atoms with Gasteiger partial charge in [-0.2, -0.15) is 0 Å². The third kappa shape index (κ3) is 1.27. The van der Waals surface area contributed by atoms with Gasteiger partial charge in [0.15, 0.2) is 0 Å². The molecule has 2 rings (SSSR count). The zero-order valence-electron chi connectivity index (χ0n) is 7.59. The first-order chi connectivity index (χ1) is 6.61. The molecule has 0 spiro atoms. The summed E-state index contributed by atoms with van der Waals surface area (Å²) in [5, 5.41) is 19.1. The molecule has 2 fully saturated rings. The van der Waals surface area contributed by atoms with Gasteiger partial charge >= 0.3 is 11.8 Å². The summed E-state index contributed by atoms with van der Waals surface area (Å²) in [5.41, 5.74) is 0. The molecule has 0 aromatic rings. The van der Waals surface area contributed by atoms with Gasteiger partial charge in [-0.15, -0.1) is 0 Å². The molecular formula is C8H12N2O4. The lowest BCUT2D eigenvalue weighted by Crippen LogP contribution is -2.47. The predicted octanol–water partition coefficient (Wildman–Crippen LogP) is -1.91. The highest BCUT2D eigenvalue weighted by Crippen LogP contribution is 2.19. The fourth-order valence-electron chi connectivity index (χ4n) is 1.85. The molecular weight excluding hydrogens is 188 g/mol. The van der Waals surface area contributed by atoms with E-state index in [-0.39, 0.29) is 0 Å². The molecule has 0 aromatic carbocycles. The van der Waals surface area contributed by atoms with Gasteiger partial charge in [-0.25, -0.2) is 0 Å². The fraction of sp³-hybridized carbons (Fsp3) is 0.750. The van der Waals surface area contributed by atoms with Crippen LogP contribution in [0.25, 0.3) is 0 Å². The third-order valence-corrected chi connectivity index (χ3v) is 2.66. The predicted molar refractivity (Wildman–Crippen MR) is 44.7 cm³/mol. The smallest absolute Gasteiger partial charge is 0.316 e. The van der Waals surface area contributed by atoms with Crippen LogP contribution in [0.2, 0.25) is 0 Å². The van der Waals surface area contributed by atoms with Crippen molar-refractivity contribution in [3.63, 3.8) is 0 Å². The molecule has 0 aromatic heterocycles. The summed E-state index contributed by atoms with van der Waals surface area (Å²) >= 11 is 0. The summed E-state index contributed by atoms with van der Waals surface area (Å²) in [6.45, 7) is 0.740. The minimum atomic E-state index is -1.05. The van der Waals surface area contributed by atoms with Crippen LogP contribution >= 0.6 is 0 Å². The van der Waals surface area contributed by atoms with Crippen LogP contribution in [0.5, 0.6) is 0 Å². The number of nitrogens with zero attached hydrogens (tertiary/aromatic N) is 2. The highest BCUT2D eigenvalue weighted by Gasteiger charge is 2.41. The Hall–Kier alpha value is -1.14. The van der Waals surface area contributed by atoms with Gasteiger partial charge in [0.2, 0.25) is 0 Å². The number of carbonyl (C=O) groups is 2. The van der Waals surface area contributed by atoms with Gasteiger partial charge in [0.1, 0.15) is 12.5 Å². The quantitative estimate of drug-likeness (QED) is 0.447. The summed E-state index contributed by atoms with van der Waals surface area (Å²) < 4.78 is 0. The fourth-order valence-corrected chi connectivity index (χ4v) is 1.85. The van der Waals surface area contributed by atoms with Crippen LogP contribution in [0.4, 0.5) is 0 Å². The topological polar surface area (TPSA) is 81.1 Å². The Kier molecular flexibility index (Phi) is 2.16. The van der Waals surface area contributed by atoms with Crippen LogP contribution in [0.3, 0.4) is 0 Å². The van der Waals surface area contributed by atoms with Crippen LogP contribution in [-0.2, 0) is 9.59 Å². The summed E-state index contributed by atoms with van der Waals surface area (Å²) in [5.74, 6) is -1.43. The molecule has 0 aliphatic carbocycles. The molecule has 2 atom stereocenters. The standard InChI is InChI=1S/C8H12N2O4/c11-5-1-3-9-4-2-6(12)10(5)8(14)7(9)13/h5-6,11-12H,1-4H2. The van der Waals surface area contributed by atoms with E-state index in [0.29, 0.717) is 25.9 Å². The maximum absolute atomic E-state index is 11.5. The van der Waals surface area contributed by atoms with E-state index in [1.807, 2.05) is 0 Å². The largest absolute Gasteiger partial charge is 0.373 e. The molecule has 6 nitrogen and oxygen atoms in total. The van der Waals surface area contributed by atoms with Crippen molar-refractivity contribution < 1.29 is 19.8 Å². The molecule has 2 aliphatic heterocycles. The average molecular weight is 200 g/mol. The second-order valence-electron chi connectivity index (χ2n) is 3.54. The Balaban J connectivity index is 2.36. The Morgan fingerprint density at radius 2 is 1.50 bits per heavy atom. The Morgan fingerprint density at radius 1 is 1.00 bits per heavy atom. The molecule has 2 aliphatic rings. The molecule has 2 heterocycles. The maximum atomic E-state index is 11.5. The second-order valence-corrected chi connectivity index (χ2v) is 3.54. The van der Waals surface area contributed by atoms with Gasteiger partial charge in [0, 0.05) is 25.9 Å². The summed E-state index contributed by atoms with van der Waals surface area (Å²) in [7, 11) is 0. The van der Waals surface area contributed by atoms with Crippen molar-refractivity contribution in [2.24, 2.45) is 0 Å². The van der Waals surface area contributed by atoms with E-state index in [1.165, 1.54) is 4.90 Å². The minimum absolute atomic E-state index is 0.300. The number of hydrogen-bond acceptors (Lipinski definition) is 4. The average Bonchev–Trinajstić information content (AvgIpc) is 2.30. The van der Waals surface area contributed by atoms with E-state index in [4.69, 9.17) is 0 Å². The monoisotopic (exact) mass is 200 g/mol. The highest BCUT2D eigenvalue weighted by atomic mass is 16.3. The molecule has 2 amide bonds. The first-order valence-corrected chi connectivity index (χ1v) is 4.59. The van der Waals surface area contributed by atoms with Gasteiger partial charge in [-0.3, -0.25) is 14.5 Å². The summed E-state index contributed by atoms with van der Waals surface area (Å²) in [6, 6.07) is 0. The lowest BCUT2D eigenvalue weighted by molar-refractivity contribution is -0.163. The molecule has 78 valence electrons. The highest BCUT2D eigenvalue weighted by molar-refractivity contribution is 6.35. The lowest BCUT2D eigenvalue weighted by Gasteiger charge is -2.29. The first-order valence-electron chi connectivity index (χ1n) is 4.59. The van der Waals surface area contributed by atoms with Crippen LogP contribution in [-0.4, -0.2) is 57.4 Å². The van der Waals surface area contributed by atoms with Crippen molar-refractivity contribution in [2.75, 3.05) is 13.1 Å². The molecule has 6 heteroatoms. The zero-order valence-corrected chi connectivity index (χ0v) is 7.59. The zero-order chi connectivity index (χ0) is 10.3. The van der Waals surface area contributed by atoms with Gasteiger partial charge in [-0.05, 0) is 0 Å². The Bertz CT molecular complexity index is 267. The van der Waals surface area contributed by atoms with Crippen molar-refractivity contribution in [1.82, 2.24) is 9.80 Å². The summed E-state index contributed by atoms with van der Waals surface area (Å²) in [6.07, 6.45) is -1.50. The molecule has 2 saturated heterocycles. The summed E-state index contributed by atoms with van der Waals surface area (Å²) in [4.78, 5) is 25.1. The van der Waals surface area contributed by atoms with E-state index in [9.17, 15) is 19.8 Å². The third-order valence-electron chi connectivity index (χ3n) is 2.66. The van der Waals surface area contributed by atoms with Crippen LogP contribution in [0.1, 0.15) is 12.8 Å². The second kappa shape index (κ2) is 3.21. The van der Waals surface area contributed by atoms with E-state index >= 15 is 0 Å². The van der Waals surface area contributed by atoms with Crippen molar-refractivity contribution in [3.05, 3.63) is 0 Å². The number of rotatable bonds is 0. The molecule has 14 heavy (non-hydrogen) atoms. The maximum Gasteiger partial charge on any atom is 0.316 e. The number of carbonyl (C=O) groups excluding carboxylic acids is 2. The van der Waals surface area contributed by atoms with E-state index in [0.717, 1.165) is 4.90 Å². The van der Waals surface area contributed by atoms with E-state index < -0.39 is 24.3 Å². The van der Waals surface area contributed by atoms with Crippen molar-refractivity contribution >= 4 is 11.8 Å². The number of amides is 2. The normalized spacial score (nSPS) is 33.3. The van der Waals surface area contributed by atoms with Crippen LogP contribution in [0.15, 0.2) is 0 Å². The first kappa shape index (κ1) is 9.42. The number of aliphatic hydroxyl groups excluding tert-OH is 2. The van der Waals surface area contributed by atoms with Crippen molar-refractivity contribution in [3.8, 4) is 0 Å². The Labute approximate surface area is 80.7 Å². The van der Waals surface area contributed by atoms with Crippen LogP contribution in [0, 0.1) is 0 Å². The van der Waals surface area contributed by atoms with Gasteiger partial charge < -0.3 is 15.1 Å². The number of fused-ring (bicyclic) bond motifs is 3. The molecule has 0 saturated carbocycles. The number of hydrogen-bond donors (Lipinski definition) is 2. The molecule has 2 N–H and O–H groups in total.